The summed E-state index contributed by atoms with van der Waals surface area (Å²) in [4.78, 5) is 0. The van der Waals surface area contributed by atoms with Crippen molar-refractivity contribution in [3.8, 4) is 11.5 Å². The highest BCUT2D eigenvalue weighted by Crippen LogP contribution is 2.33. The maximum absolute atomic E-state index is 11.3. The van der Waals surface area contributed by atoms with Crippen LogP contribution in [0.25, 0.3) is 0 Å². The van der Waals surface area contributed by atoms with Crippen molar-refractivity contribution in [3.05, 3.63) is 23.8 Å². The molecule has 4 nitrogen and oxygen atoms in total. The second kappa shape index (κ2) is 8.49. The van der Waals surface area contributed by atoms with Crippen molar-refractivity contribution in [2.24, 2.45) is 0 Å². The summed E-state index contributed by atoms with van der Waals surface area (Å²) in [6.07, 6.45) is 2.96. The van der Waals surface area contributed by atoms with Crippen molar-refractivity contribution in [2.45, 2.75) is 32.1 Å². The molecular formula is C15H23ClO4S. The van der Waals surface area contributed by atoms with Crippen LogP contribution in [0.2, 0.25) is 0 Å². The third-order valence-electron chi connectivity index (χ3n) is 2.70. The van der Waals surface area contributed by atoms with Gasteiger partial charge in [0.2, 0.25) is 0 Å². The van der Waals surface area contributed by atoms with E-state index in [4.69, 9.17) is 21.1 Å². The third kappa shape index (κ3) is 6.57. The van der Waals surface area contributed by atoms with E-state index in [9.17, 15) is 8.42 Å². The molecule has 0 amide bonds. The summed E-state index contributed by atoms with van der Waals surface area (Å²) < 4.78 is 34.0. The van der Waals surface area contributed by atoms with Gasteiger partial charge in [-0.1, -0.05) is 19.9 Å². The highest BCUT2D eigenvalue weighted by atomic mass is 35.5. The number of hydrogen-bond acceptors (Lipinski definition) is 4. The second-order valence-electron chi connectivity index (χ2n) is 4.96. The minimum atomic E-state index is -3.13. The molecule has 0 N–H and O–H groups in total. The summed E-state index contributed by atoms with van der Waals surface area (Å²) in [5.41, 5.74) is 0.719. The lowest BCUT2D eigenvalue weighted by atomic mass is 10.1. The molecule has 1 unspecified atom stereocenters. The van der Waals surface area contributed by atoms with E-state index >= 15 is 0 Å². The molecule has 0 aliphatic heterocycles. The van der Waals surface area contributed by atoms with Gasteiger partial charge < -0.3 is 9.47 Å². The Bertz CT molecular complexity index is 543. The number of ether oxygens (including phenoxy) is 2. The van der Waals surface area contributed by atoms with E-state index in [1.54, 1.807) is 18.2 Å². The van der Waals surface area contributed by atoms with Gasteiger partial charge in [0.1, 0.15) is 9.84 Å². The quantitative estimate of drug-likeness (QED) is 0.648. The normalized spacial score (nSPS) is 13.0. The molecule has 0 aliphatic rings. The monoisotopic (exact) mass is 334 g/mol. The van der Waals surface area contributed by atoms with Crippen LogP contribution in [0.4, 0.5) is 0 Å². The Hall–Kier alpha value is -0.940. The van der Waals surface area contributed by atoms with E-state index in [2.05, 4.69) is 0 Å². The van der Waals surface area contributed by atoms with Gasteiger partial charge in [0, 0.05) is 6.26 Å². The molecule has 0 spiro atoms. The molecule has 0 aromatic heterocycles. The Morgan fingerprint density at radius 1 is 1.10 bits per heavy atom. The van der Waals surface area contributed by atoms with Crippen LogP contribution >= 0.6 is 11.6 Å². The second-order valence-corrected chi connectivity index (χ2v) is 7.67. The minimum absolute atomic E-state index is 0.100. The predicted octanol–water partition coefficient (Wildman–Crippen LogP) is 3.59. The molecule has 0 saturated heterocycles. The maximum atomic E-state index is 11.3. The van der Waals surface area contributed by atoms with Crippen molar-refractivity contribution in [2.75, 3.05) is 25.2 Å². The van der Waals surface area contributed by atoms with Crippen LogP contribution in [0.15, 0.2) is 18.2 Å². The molecule has 120 valence electrons. The molecule has 0 saturated carbocycles. The highest BCUT2D eigenvalue weighted by Gasteiger charge is 2.17. The molecule has 1 rings (SSSR count). The number of halogens is 1. The zero-order valence-corrected chi connectivity index (χ0v) is 14.3. The zero-order valence-electron chi connectivity index (χ0n) is 12.8. The molecule has 6 heteroatoms. The van der Waals surface area contributed by atoms with Crippen LogP contribution in [0, 0.1) is 0 Å². The molecule has 1 atom stereocenters. The van der Waals surface area contributed by atoms with E-state index in [1.165, 1.54) is 6.26 Å². The van der Waals surface area contributed by atoms with Crippen LogP contribution in [0.3, 0.4) is 0 Å². The number of benzene rings is 1. The fourth-order valence-electron chi connectivity index (χ4n) is 1.74. The number of sulfone groups is 1. The summed E-state index contributed by atoms with van der Waals surface area (Å²) in [7, 11) is -3.13. The van der Waals surface area contributed by atoms with Crippen molar-refractivity contribution < 1.29 is 17.9 Å². The Kier molecular flexibility index (Phi) is 7.32. The molecule has 0 radical (unpaired) electrons. The van der Waals surface area contributed by atoms with E-state index in [-0.39, 0.29) is 5.75 Å². The third-order valence-corrected chi connectivity index (χ3v) is 4.23. The number of alkyl halides is 1. The van der Waals surface area contributed by atoms with Crippen molar-refractivity contribution in [3.63, 3.8) is 0 Å². The Morgan fingerprint density at radius 2 is 1.67 bits per heavy atom. The van der Waals surface area contributed by atoms with Gasteiger partial charge in [-0.2, -0.15) is 0 Å². The minimum Gasteiger partial charge on any atom is -0.490 e. The SMILES string of the molecule is CCCOc1ccc(C(Cl)CS(C)(=O)=O)cc1OCCC. The van der Waals surface area contributed by atoms with Crippen molar-refractivity contribution in [1.82, 2.24) is 0 Å². The summed E-state index contributed by atoms with van der Waals surface area (Å²) in [5, 5.41) is -0.593. The molecule has 0 aliphatic carbocycles. The van der Waals surface area contributed by atoms with E-state index in [0.717, 1.165) is 18.4 Å². The predicted molar refractivity (Wildman–Crippen MR) is 86.3 cm³/mol. The molecular weight excluding hydrogens is 312 g/mol. The lowest BCUT2D eigenvalue weighted by molar-refractivity contribution is 0.268. The van der Waals surface area contributed by atoms with Gasteiger partial charge in [0.15, 0.2) is 11.5 Å². The summed E-state index contributed by atoms with van der Waals surface area (Å²) in [5.74, 6) is 1.18. The summed E-state index contributed by atoms with van der Waals surface area (Å²) in [6.45, 7) is 5.23. The Labute approximate surface area is 132 Å². The first-order valence-electron chi connectivity index (χ1n) is 7.08. The fourth-order valence-corrected chi connectivity index (χ4v) is 3.28. The molecule has 0 bridgehead atoms. The zero-order chi connectivity index (χ0) is 15.9. The van der Waals surface area contributed by atoms with Crippen molar-refractivity contribution >= 4 is 21.4 Å². The van der Waals surface area contributed by atoms with Crippen LogP contribution in [-0.2, 0) is 9.84 Å². The first kappa shape index (κ1) is 18.1. The van der Waals surface area contributed by atoms with Gasteiger partial charge >= 0.3 is 0 Å². The summed E-state index contributed by atoms with van der Waals surface area (Å²) in [6, 6.07) is 5.34. The van der Waals surface area contributed by atoms with Gasteiger partial charge in [0.05, 0.1) is 24.3 Å². The smallest absolute Gasteiger partial charge is 0.161 e. The largest absolute Gasteiger partial charge is 0.490 e. The van der Waals surface area contributed by atoms with E-state index in [1.807, 2.05) is 13.8 Å². The van der Waals surface area contributed by atoms with Gasteiger partial charge in [-0.25, -0.2) is 8.42 Å². The van der Waals surface area contributed by atoms with Crippen LogP contribution in [-0.4, -0.2) is 33.6 Å². The highest BCUT2D eigenvalue weighted by molar-refractivity contribution is 7.90. The molecule has 0 heterocycles. The average Bonchev–Trinajstić information content (AvgIpc) is 2.41. The lowest BCUT2D eigenvalue weighted by Crippen LogP contribution is -2.09. The number of hydrogen-bond donors (Lipinski definition) is 0. The van der Waals surface area contributed by atoms with E-state index < -0.39 is 15.2 Å². The molecule has 1 aromatic carbocycles. The fraction of sp³-hybridized carbons (Fsp3) is 0.600. The van der Waals surface area contributed by atoms with Crippen LogP contribution < -0.4 is 9.47 Å². The Balaban J connectivity index is 2.96. The molecule has 0 fully saturated rings. The van der Waals surface area contributed by atoms with Gasteiger partial charge in [0.25, 0.3) is 0 Å². The van der Waals surface area contributed by atoms with Gasteiger partial charge in [-0.05, 0) is 30.5 Å². The topological polar surface area (TPSA) is 52.6 Å². The van der Waals surface area contributed by atoms with Crippen LogP contribution in [0.1, 0.15) is 37.6 Å². The average molecular weight is 335 g/mol. The first-order valence-corrected chi connectivity index (χ1v) is 9.58. The number of rotatable bonds is 9. The summed E-state index contributed by atoms with van der Waals surface area (Å²) >= 11 is 6.18. The standard InChI is InChI=1S/C15H23ClO4S/c1-4-8-19-14-7-6-12(10-15(14)20-9-5-2)13(16)11-21(3,17)18/h6-7,10,13H,4-5,8-9,11H2,1-3H3. The maximum Gasteiger partial charge on any atom is 0.161 e. The van der Waals surface area contributed by atoms with Crippen molar-refractivity contribution in [1.29, 1.82) is 0 Å². The van der Waals surface area contributed by atoms with Crippen LogP contribution in [0.5, 0.6) is 11.5 Å². The van der Waals surface area contributed by atoms with Gasteiger partial charge in [-0.15, -0.1) is 11.6 Å². The Morgan fingerprint density at radius 3 is 2.19 bits per heavy atom. The lowest BCUT2D eigenvalue weighted by Gasteiger charge is -2.15. The van der Waals surface area contributed by atoms with Gasteiger partial charge in [-0.3, -0.25) is 0 Å². The molecule has 21 heavy (non-hydrogen) atoms. The first-order chi connectivity index (χ1) is 9.87. The molecule has 1 aromatic rings. The van der Waals surface area contributed by atoms with E-state index in [0.29, 0.717) is 24.7 Å².